The highest BCUT2D eigenvalue weighted by atomic mass is 35.5. The molecule has 35 nitrogen and oxygen atoms in total. The van der Waals surface area contributed by atoms with Crippen LogP contribution in [-0.2, 0) is 84.5 Å². The molecule has 145 heavy (non-hydrogen) atoms. The molecular weight excluding hydrogens is 1930 g/mol. The van der Waals surface area contributed by atoms with E-state index in [9.17, 15) is 126 Å². The van der Waals surface area contributed by atoms with Gasteiger partial charge in [-0.15, -0.1) is 0 Å². The highest BCUT2D eigenvalue weighted by molar-refractivity contribution is 6.46. The molecule has 5 fully saturated rings. The zero-order chi connectivity index (χ0) is 106. The van der Waals surface area contributed by atoms with Crippen LogP contribution in [0.3, 0.4) is 0 Å². The summed E-state index contributed by atoms with van der Waals surface area (Å²) >= 11 is 6.17. The highest BCUT2D eigenvalue weighted by Crippen LogP contribution is 2.57. The molecule has 9 heterocycles. The summed E-state index contributed by atoms with van der Waals surface area (Å²) in [5.74, 6) is -26.9. The molecule has 0 spiro atoms. The summed E-state index contributed by atoms with van der Waals surface area (Å²) in [6, 6.07) is 21.0. The lowest BCUT2D eigenvalue weighted by molar-refractivity contribution is -0.164. The molecule has 9 aliphatic rings. The van der Waals surface area contributed by atoms with E-state index in [1.54, 1.807) is 107 Å². The number of nitrogens with zero attached hydrogens (tertiary/aromatic N) is 8. The Labute approximate surface area is 824 Å². The van der Waals surface area contributed by atoms with E-state index in [0.29, 0.717) is 132 Å². The molecule has 760 valence electrons. The molecule has 0 radical (unpaired) electrons. The first-order valence-corrected chi connectivity index (χ1v) is 46.4. The minimum atomic E-state index is -3.16. The van der Waals surface area contributed by atoms with Crippen LogP contribution in [0.4, 0.5) is 66.7 Å². The summed E-state index contributed by atoms with van der Waals surface area (Å²) in [5, 5.41) is 55.5. The molecule has 18 rings (SSSR count). The molecule has 5 aliphatic carbocycles. The molecule has 12 N–H and O–H groups in total. The van der Waals surface area contributed by atoms with Gasteiger partial charge in [-0.3, -0.25) is 71.9 Å². The van der Waals surface area contributed by atoms with Crippen LogP contribution in [-0.4, -0.2) is 183 Å². The number of hydrogen-bond donors (Lipinski definition) is 12. The Balaban J connectivity index is 0.000000145. The molecule has 11 amide bonds. The Hall–Kier alpha value is -15.4. The Bertz CT molecular complexity index is 7120. The number of hydrogen-bond acceptors (Lipinski definition) is 19. The van der Waals surface area contributed by atoms with E-state index in [1.807, 2.05) is 6.92 Å². The Morgan fingerprint density at radius 3 is 1.07 bits per heavy atom. The van der Waals surface area contributed by atoms with E-state index in [0.717, 1.165) is 35.2 Å². The van der Waals surface area contributed by atoms with Gasteiger partial charge in [0.05, 0.1) is 57.3 Å². The van der Waals surface area contributed by atoms with Crippen molar-refractivity contribution in [3.05, 3.63) is 219 Å². The maximum Gasteiger partial charge on any atom is 0.293 e. The number of fused-ring (bicyclic) bond motifs is 6. The molecule has 0 bridgehead atoms. The third kappa shape index (κ3) is 19.5. The fourth-order valence-electron chi connectivity index (χ4n) is 20.9. The van der Waals surface area contributed by atoms with Crippen LogP contribution in [0.25, 0.3) is 0 Å². The van der Waals surface area contributed by atoms with Crippen molar-refractivity contribution in [2.24, 2.45) is 5.92 Å². The van der Waals surface area contributed by atoms with Gasteiger partial charge in [-0.2, -0.15) is 25.9 Å². The summed E-state index contributed by atoms with van der Waals surface area (Å²) in [5.41, 5.74) is 1.26. The second-order valence-corrected chi connectivity index (χ2v) is 38.5. The number of aromatic amines is 1. The molecular formula is C99H97ClF10N20O15. The van der Waals surface area contributed by atoms with Gasteiger partial charge >= 0.3 is 0 Å². The van der Waals surface area contributed by atoms with Crippen LogP contribution in [0, 0.1) is 95.6 Å². The predicted molar refractivity (Wildman–Crippen MR) is 498 cm³/mol. The number of H-pyrrole nitrogens is 1. The van der Waals surface area contributed by atoms with Gasteiger partial charge in [0, 0.05) is 161 Å². The van der Waals surface area contributed by atoms with Crippen LogP contribution in [0.5, 0.6) is 0 Å². The quantitative estimate of drug-likeness (QED) is 0.0152. The third-order valence-electron chi connectivity index (χ3n) is 28.0. The number of anilines is 4. The lowest BCUT2D eigenvalue weighted by Gasteiger charge is -2.46. The third-order valence-corrected chi connectivity index (χ3v) is 28.5. The van der Waals surface area contributed by atoms with Crippen LogP contribution in [0.2, 0.25) is 5.02 Å². The zero-order valence-electron chi connectivity index (χ0n) is 79.9. The number of aryl methyl sites for hydroxylation is 3. The van der Waals surface area contributed by atoms with Crippen molar-refractivity contribution in [3.63, 3.8) is 0 Å². The van der Waals surface area contributed by atoms with E-state index in [-0.39, 0.29) is 84.9 Å². The van der Waals surface area contributed by atoms with E-state index >= 15 is 0 Å². The van der Waals surface area contributed by atoms with Crippen molar-refractivity contribution < 1.29 is 116 Å². The van der Waals surface area contributed by atoms with Crippen LogP contribution in [0.1, 0.15) is 250 Å². The summed E-state index contributed by atoms with van der Waals surface area (Å²) in [7, 11) is 3.77. The van der Waals surface area contributed by atoms with Gasteiger partial charge in [0.2, 0.25) is 17.7 Å². The number of aromatic nitrogens is 7. The van der Waals surface area contributed by atoms with Gasteiger partial charge in [-0.25, -0.2) is 43.9 Å². The topological polar surface area (TPSA) is 497 Å². The molecule has 5 aromatic heterocycles. The Kier molecular flexibility index (Phi) is 27.7. The number of ketones is 4. The van der Waals surface area contributed by atoms with Crippen molar-refractivity contribution >= 4 is 122 Å². The van der Waals surface area contributed by atoms with E-state index in [2.05, 4.69) is 86.0 Å². The molecule has 0 unspecified atom stereocenters. The summed E-state index contributed by atoms with van der Waals surface area (Å²) in [6.07, 6.45) is -1.58. The molecule has 4 aromatic carbocycles. The number of benzene rings is 4. The SMILES string of the molecule is CNC(=O)C1(NC(=O)C(=O)c2c(C)c(C(=O)Nc3cc(F)c(C)c(F)c3)n3c2CCC3)CC(F)(F)C1.CNC(=O)C1(NC(=O)C(=O)c2c(C)c(C(=O)Nc3ccc(C)c(C#N)c3)n3c2CCC3)CC(F)(F)C1.CNC(=O)C1(NC(=O)C(=O)c2c(C)c(C(=O)Nc3ccc(C)c(Cl)c3)n3c2[C@H]2C[C@H]2C3)CC(F)(F)C1.Cc1ccc(NC(=O)c2c(C)c(C(=O)C(=O)NC3(c4cn[nH]n4)CC(F)(F)C3)c3n2CCC3)cc1C#N. The molecule has 9 aromatic rings. The monoisotopic (exact) mass is 2030 g/mol. The van der Waals surface area contributed by atoms with Crippen molar-refractivity contribution in [1.82, 2.24) is 70.9 Å². The Morgan fingerprint density at radius 1 is 0.414 bits per heavy atom. The number of alkyl halides is 8. The maximum absolute atomic E-state index is 13.9. The number of Topliss-reactive ketones (excluding diaryl/α,β-unsaturated/α-hetero) is 4. The van der Waals surface area contributed by atoms with Crippen molar-refractivity contribution in [3.8, 4) is 12.1 Å². The zero-order valence-corrected chi connectivity index (χ0v) is 80.6. The smallest absolute Gasteiger partial charge is 0.293 e. The summed E-state index contributed by atoms with van der Waals surface area (Å²) in [4.78, 5) is 194. The second-order valence-electron chi connectivity index (χ2n) is 38.1. The molecule has 5 saturated carbocycles. The van der Waals surface area contributed by atoms with Crippen LogP contribution >= 0.6 is 11.6 Å². The minimum Gasteiger partial charge on any atom is -0.357 e. The fraction of sp³-hybridized carbons (Fsp3) is 0.404. The molecule has 4 aliphatic heterocycles. The van der Waals surface area contributed by atoms with Gasteiger partial charge in [0.15, 0.2) is 0 Å². The van der Waals surface area contributed by atoms with E-state index in [4.69, 9.17) is 11.6 Å². The van der Waals surface area contributed by atoms with Crippen LogP contribution in [0.15, 0.2) is 72.9 Å². The lowest BCUT2D eigenvalue weighted by Crippen LogP contribution is -2.69. The average Bonchev–Trinajstić information content (AvgIpc) is 1.54. The van der Waals surface area contributed by atoms with Gasteiger partial charge in [-0.1, -0.05) is 29.8 Å². The normalized spacial score (nSPS) is 18.2. The number of nitrogens with one attached hydrogen (secondary N) is 12. The first kappa shape index (κ1) is 104. The van der Waals surface area contributed by atoms with Crippen molar-refractivity contribution in [2.75, 3.05) is 42.4 Å². The van der Waals surface area contributed by atoms with E-state index < -0.39 is 197 Å². The van der Waals surface area contributed by atoms with Gasteiger partial charge in [-0.05, 0) is 194 Å². The fourth-order valence-corrected chi connectivity index (χ4v) is 21.1. The highest BCUT2D eigenvalue weighted by Gasteiger charge is 2.66. The number of halogens is 11. The number of nitriles is 2. The number of carbonyl (C=O) groups excluding carboxylic acids is 15. The second kappa shape index (κ2) is 38.7. The average molecular weight is 2030 g/mol. The summed E-state index contributed by atoms with van der Waals surface area (Å²) < 4.78 is 144. The van der Waals surface area contributed by atoms with Gasteiger partial charge in [0.1, 0.15) is 56.7 Å². The number of likely N-dealkylation sites (N-methyl/N-ethyl adjacent to an activating group) is 3. The minimum absolute atomic E-state index is 0.0370. The largest absolute Gasteiger partial charge is 0.357 e. The first-order valence-electron chi connectivity index (χ1n) is 46.0. The lowest BCUT2D eigenvalue weighted by atomic mass is 9.71. The summed E-state index contributed by atoms with van der Waals surface area (Å²) in [6.45, 7) is 14.7. The van der Waals surface area contributed by atoms with Crippen LogP contribution < -0.4 is 58.5 Å². The molecule has 2 atom stereocenters. The Morgan fingerprint density at radius 2 is 0.738 bits per heavy atom. The van der Waals surface area contributed by atoms with E-state index in [1.165, 1.54) is 41.2 Å². The number of rotatable bonds is 24. The van der Waals surface area contributed by atoms with Crippen molar-refractivity contribution in [1.29, 1.82) is 10.5 Å². The first-order chi connectivity index (χ1) is 68.1. The van der Waals surface area contributed by atoms with Gasteiger partial charge in [0.25, 0.3) is 94.1 Å². The molecule has 46 heteroatoms. The predicted octanol–water partition coefficient (Wildman–Crippen LogP) is 11.4. The standard InChI is InChI=1S/C25H25ClF2N4O4.C25H23F2N7O3.C25H25F2N5O4.C24H24F4N4O4/c1-11-4-5-14(7-16(11)26)30-21(34)18-12(2)17(19-15-6-13(15)8-32(18)19)20(33)22(35)31-24(23(36)29-3)9-25(27,28)10-24;1-13-5-6-16(8-15(13)9-28)30-22(36)20-14(2)19(17-4-3-7-34(17)20)21(35)23(37)31-24(11-25(26,27)12-24)18-10-29-33-32-18;1-13-6-7-16(9-15(13)10-28)30-21(34)19-14(2)18(17-5-4-8-32(17)19)20(33)22(35)31-24(23(36)29-3)11-25(26,27)12-24;1-11-14(25)7-13(8-15(11)26)30-20(34)18-12(2)17(16-5-4-6-32(16)18)19(33)21(35)31-23(22(36)29-3)9-24(27,28)10-23/h4-5,7,13,15H,6,8-10H2,1-3H3,(H,29,36)(H,30,34)(H,31,35);5-6,8,10H,3-4,7,11-12H2,1-2H3,(H,30,36)(H,31,37)(H,29,32,33);6-7,9H,4-5,8,11-12H2,1-3H3,(H,29,36)(H,30,34)(H,31,35);7-8H,4-6,9-10H2,1-3H3,(H,29,36)(H,30,34)(H,31,35)/t13-,15-;;;/m0.../s1. The number of carbonyl (C=O) groups is 15. The maximum atomic E-state index is 13.9. The number of amides is 11. The van der Waals surface area contributed by atoms with Gasteiger partial charge < -0.3 is 76.8 Å². The van der Waals surface area contributed by atoms with Crippen molar-refractivity contribution in [2.45, 2.75) is 230 Å². The molecule has 0 saturated heterocycles.